The van der Waals surface area contributed by atoms with Gasteiger partial charge in [-0.15, -0.1) is 0 Å². The molecule has 6 heteroatoms. The fraction of sp³-hybridized carbons (Fsp3) is 0.429. The minimum atomic E-state index is -0.748. The molecule has 0 atom stereocenters. The van der Waals surface area contributed by atoms with Gasteiger partial charge in [-0.1, -0.05) is 13.8 Å². The van der Waals surface area contributed by atoms with Crippen molar-refractivity contribution in [2.45, 2.75) is 32.7 Å². The van der Waals surface area contributed by atoms with Gasteiger partial charge in [0, 0.05) is 11.7 Å². The highest BCUT2D eigenvalue weighted by atomic mass is 19.1. The van der Waals surface area contributed by atoms with Crippen LogP contribution in [-0.4, -0.2) is 24.5 Å². The van der Waals surface area contributed by atoms with E-state index in [-0.39, 0.29) is 29.8 Å². The molecule has 0 spiro atoms. The average Bonchev–Trinajstić information content (AvgIpc) is 2.42. The van der Waals surface area contributed by atoms with Crippen molar-refractivity contribution in [2.24, 2.45) is 0 Å². The Morgan fingerprint density at radius 2 is 2.00 bits per heavy atom. The lowest BCUT2D eigenvalue weighted by Gasteiger charge is -2.14. The number of rotatable bonds is 6. The number of esters is 1. The quantitative estimate of drug-likeness (QED) is 0.616. The Kier molecular flexibility index (Phi) is 5.96. The molecule has 0 bridgehead atoms. The largest absolute Gasteiger partial charge is 0.452 e. The first-order valence-electron chi connectivity index (χ1n) is 6.49. The number of halogens is 1. The van der Waals surface area contributed by atoms with Crippen LogP contribution in [0.3, 0.4) is 0 Å². The van der Waals surface area contributed by atoms with Crippen molar-refractivity contribution in [2.75, 3.05) is 12.3 Å². The van der Waals surface area contributed by atoms with E-state index in [9.17, 15) is 14.0 Å². The Bertz CT molecular complexity index is 487. The predicted octanol–water partition coefficient (Wildman–Crippen LogP) is 1.87. The van der Waals surface area contributed by atoms with Crippen molar-refractivity contribution in [3.8, 4) is 0 Å². The molecule has 1 aromatic rings. The van der Waals surface area contributed by atoms with Crippen molar-refractivity contribution < 1.29 is 18.7 Å². The molecule has 1 amide bonds. The summed E-state index contributed by atoms with van der Waals surface area (Å²) in [4.78, 5) is 23.3. The number of nitrogens with two attached hydrogens (primary N) is 1. The van der Waals surface area contributed by atoms with E-state index in [1.54, 1.807) is 0 Å². The van der Waals surface area contributed by atoms with Crippen LogP contribution in [-0.2, 0) is 9.53 Å². The first-order chi connectivity index (χ1) is 9.47. The number of carbonyl (C=O) groups excluding carboxylic acids is 2. The third kappa shape index (κ3) is 4.53. The average molecular weight is 282 g/mol. The molecule has 0 unspecified atom stereocenters. The maximum absolute atomic E-state index is 12.9. The number of hydrogen-bond acceptors (Lipinski definition) is 4. The molecule has 3 N–H and O–H groups in total. The molecular formula is C14H19FN2O3. The van der Waals surface area contributed by atoms with Crippen LogP contribution in [0.25, 0.3) is 0 Å². The lowest BCUT2D eigenvalue weighted by atomic mass is 10.2. The standard InChI is InChI=1S/C14H19FN2O3/c1-3-10(4-2)17-13(18)8-20-14(19)11-6-5-9(15)7-12(11)16/h5-7,10H,3-4,8,16H2,1-2H3,(H,17,18). The number of nitrogen functional groups attached to an aromatic ring is 1. The van der Waals surface area contributed by atoms with E-state index >= 15 is 0 Å². The van der Waals surface area contributed by atoms with Gasteiger partial charge in [0.1, 0.15) is 5.82 Å². The van der Waals surface area contributed by atoms with Crippen LogP contribution >= 0.6 is 0 Å². The van der Waals surface area contributed by atoms with E-state index < -0.39 is 11.8 Å². The molecular weight excluding hydrogens is 263 g/mol. The second-order valence-electron chi connectivity index (χ2n) is 4.39. The molecule has 0 fully saturated rings. The van der Waals surface area contributed by atoms with Crippen LogP contribution in [0.4, 0.5) is 10.1 Å². The highest BCUT2D eigenvalue weighted by Crippen LogP contribution is 2.14. The fourth-order valence-corrected chi connectivity index (χ4v) is 1.69. The molecule has 20 heavy (non-hydrogen) atoms. The summed E-state index contributed by atoms with van der Waals surface area (Å²) in [6.07, 6.45) is 1.61. The Balaban J connectivity index is 2.53. The number of carbonyl (C=O) groups is 2. The minimum absolute atomic E-state index is 0.0181. The molecule has 0 saturated heterocycles. The zero-order valence-electron chi connectivity index (χ0n) is 11.6. The molecule has 1 aromatic carbocycles. The summed E-state index contributed by atoms with van der Waals surface area (Å²) in [5.41, 5.74) is 5.54. The molecule has 1 rings (SSSR count). The molecule has 0 aliphatic rings. The first kappa shape index (κ1) is 15.9. The first-order valence-corrected chi connectivity index (χ1v) is 6.49. The Morgan fingerprint density at radius 1 is 1.35 bits per heavy atom. The Morgan fingerprint density at radius 3 is 2.55 bits per heavy atom. The molecule has 0 aliphatic carbocycles. The van der Waals surface area contributed by atoms with E-state index in [4.69, 9.17) is 10.5 Å². The minimum Gasteiger partial charge on any atom is -0.452 e. The van der Waals surface area contributed by atoms with Crippen molar-refractivity contribution in [1.82, 2.24) is 5.32 Å². The molecule has 110 valence electrons. The van der Waals surface area contributed by atoms with Crippen molar-refractivity contribution in [3.63, 3.8) is 0 Å². The normalized spacial score (nSPS) is 10.4. The second-order valence-corrected chi connectivity index (χ2v) is 4.39. The van der Waals surface area contributed by atoms with Crippen LogP contribution in [0.5, 0.6) is 0 Å². The van der Waals surface area contributed by atoms with Gasteiger partial charge in [-0.2, -0.15) is 0 Å². The number of nitrogens with one attached hydrogen (secondary N) is 1. The third-order valence-corrected chi connectivity index (χ3v) is 2.92. The Labute approximate surface area is 117 Å². The van der Waals surface area contributed by atoms with Crippen LogP contribution in [0.15, 0.2) is 18.2 Å². The zero-order chi connectivity index (χ0) is 15.1. The smallest absolute Gasteiger partial charge is 0.340 e. The lowest BCUT2D eigenvalue weighted by molar-refractivity contribution is -0.125. The molecule has 0 radical (unpaired) electrons. The molecule has 0 saturated carbocycles. The molecule has 5 nitrogen and oxygen atoms in total. The number of benzene rings is 1. The predicted molar refractivity (Wildman–Crippen MR) is 73.6 cm³/mol. The summed E-state index contributed by atoms with van der Waals surface area (Å²) >= 11 is 0. The number of hydrogen-bond donors (Lipinski definition) is 2. The third-order valence-electron chi connectivity index (χ3n) is 2.92. The lowest BCUT2D eigenvalue weighted by Crippen LogP contribution is -2.36. The van der Waals surface area contributed by atoms with E-state index in [1.165, 1.54) is 6.07 Å². The van der Waals surface area contributed by atoms with E-state index in [0.29, 0.717) is 0 Å². The van der Waals surface area contributed by atoms with Gasteiger partial charge >= 0.3 is 5.97 Å². The summed E-state index contributed by atoms with van der Waals surface area (Å²) in [5.74, 6) is -1.65. The highest BCUT2D eigenvalue weighted by Gasteiger charge is 2.15. The Hall–Kier alpha value is -2.11. The maximum Gasteiger partial charge on any atom is 0.340 e. The van der Waals surface area contributed by atoms with Gasteiger partial charge in [0.2, 0.25) is 0 Å². The van der Waals surface area contributed by atoms with E-state index in [2.05, 4.69) is 5.32 Å². The van der Waals surface area contributed by atoms with Crippen molar-refractivity contribution >= 4 is 17.6 Å². The molecule has 0 aromatic heterocycles. The summed E-state index contributed by atoms with van der Waals surface area (Å²) in [5, 5.41) is 2.74. The van der Waals surface area contributed by atoms with Gasteiger partial charge in [-0.3, -0.25) is 4.79 Å². The van der Waals surface area contributed by atoms with Crippen LogP contribution in [0.1, 0.15) is 37.0 Å². The van der Waals surface area contributed by atoms with E-state index in [1.807, 2.05) is 13.8 Å². The van der Waals surface area contributed by atoms with Crippen LogP contribution in [0.2, 0.25) is 0 Å². The zero-order valence-corrected chi connectivity index (χ0v) is 11.6. The van der Waals surface area contributed by atoms with Gasteiger partial charge in [0.25, 0.3) is 5.91 Å². The monoisotopic (exact) mass is 282 g/mol. The maximum atomic E-state index is 12.9. The van der Waals surface area contributed by atoms with Crippen molar-refractivity contribution in [3.05, 3.63) is 29.6 Å². The number of ether oxygens (including phenoxy) is 1. The highest BCUT2D eigenvalue weighted by molar-refractivity contribution is 5.96. The molecule has 0 heterocycles. The fourth-order valence-electron chi connectivity index (χ4n) is 1.69. The molecule has 0 aliphatic heterocycles. The van der Waals surface area contributed by atoms with Crippen LogP contribution in [0, 0.1) is 5.82 Å². The summed E-state index contributed by atoms with van der Waals surface area (Å²) in [6.45, 7) is 3.53. The van der Waals surface area contributed by atoms with Crippen LogP contribution < -0.4 is 11.1 Å². The van der Waals surface area contributed by atoms with Gasteiger partial charge in [0.05, 0.1) is 5.56 Å². The summed E-state index contributed by atoms with van der Waals surface area (Å²) < 4.78 is 17.7. The van der Waals surface area contributed by atoms with Gasteiger partial charge in [-0.25, -0.2) is 9.18 Å². The number of anilines is 1. The SMILES string of the molecule is CCC(CC)NC(=O)COC(=O)c1ccc(F)cc1N. The van der Waals surface area contributed by atoms with Gasteiger partial charge in [0.15, 0.2) is 6.61 Å². The summed E-state index contributed by atoms with van der Waals surface area (Å²) in [7, 11) is 0. The van der Waals surface area contributed by atoms with Crippen molar-refractivity contribution in [1.29, 1.82) is 0 Å². The van der Waals surface area contributed by atoms with Gasteiger partial charge in [-0.05, 0) is 31.0 Å². The van der Waals surface area contributed by atoms with E-state index in [0.717, 1.165) is 25.0 Å². The second kappa shape index (κ2) is 7.47. The van der Waals surface area contributed by atoms with Gasteiger partial charge < -0.3 is 15.8 Å². The topological polar surface area (TPSA) is 81.4 Å². The summed E-state index contributed by atoms with van der Waals surface area (Å²) in [6, 6.07) is 3.43. The number of amides is 1.